The summed E-state index contributed by atoms with van der Waals surface area (Å²) in [6.07, 6.45) is 5.12. The van der Waals surface area contributed by atoms with Crippen LogP contribution in [0.2, 0.25) is 0 Å². The lowest BCUT2D eigenvalue weighted by molar-refractivity contribution is 0.463. The molecule has 0 fully saturated rings. The molecule has 0 bridgehead atoms. The van der Waals surface area contributed by atoms with E-state index in [-0.39, 0.29) is 0 Å². The summed E-state index contributed by atoms with van der Waals surface area (Å²) in [6.45, 7) is 0. The third kappa shape index (κ3) is 2.75. The predicted molar refractivity (Wildman–Crippen MR) is 78.4 cm³/mol. The zero-order chi connectivity index (χ0) is 13.8. The average Bonchev–Trinajstić information content (AvgIpc) is 2.51. The Kier molecular flexibility index (Phi) is 3.29. The van der Waals surface area contributed by atoms with Crippen LogP contribution in [-0.2, 0) is 0 Å². The van der Waals surface area contributed by atoms with Crippen molar-refractivity contribution in [1.29, 1.82) is 0 Å². The van der Waals surface area contributed by atoms with Gasteiger partial charge in [0.2, 0.25) is 5.88 Å². The highest BCUT2D eigenvalue weighted by molar-refractivity contribution is 5.63. The van der Waals surface area contributed by atoms with Crippen LogP contribution in [0.5, 0.6) is 11.6 Å². The van der Waals surface area contributed by atoms with E-state index in [4.69, 9.17) is 10.5 Å². The lowest BCUT2D eigenvalue weighted by Crippen LogP contribution is -1.90. The molecule has 3 rings (SSSR count). The van der Waals surface area contributed by atoms with E-state index >= 15 is 0 Å². The maximum atomic E-state index is 5.65. The molecule has 0 saturated carbocycles. The fourth-order valence-corrected chi connectivity index (χ4v) is 1.83. The van der Waals surface area contributed by atoms with Gasteiger partial charge in [-0.25, -0.2) is 4.98 Å². The summed E-state index contributed by atoms with van der Waals surface area (Å²) < 4.78 is 5.65. The molecule has 2 heterocycles. The Balaban J connectivity index is 1.78. The second kappa shape index (κ2) is 5.40. The number of rotatable bonds is 3. The molecule has 4 nitrogen and oxygen atoms in total. The molecule has 0 unspecified atom stereocenters. The van der Waals surface area contributed by atoms with E-state index in [2.05, 4.69) is 9.97 Å². The highest BCUT2D eigenvalue weighted by Crippen LogP contribution is 2.24. The van der Waals surface area contributed by atoms with Crippen LogP contribution in [0.1, 0.15) is 0 Å². The summed E-state index contributed by atoms with van der Waals surface area (Å²) in [5.74, 6) is 1.26. The Bertz CT molecular complexity index is 679. The number of nitrogen functional groups attached to an aromatic ring is 1. The van der Waals surface area contributed by atoms with Crippen molar-refractivity contribution >= 4 is 5.69 Å². The number of hydrogen-bond acceptors (Lipinski definition) is 4. The molecule has 0 amide bonds. The van der Waals surface area contributed by atoms with Gasteiger partial charge in [0.15, 0.2) is 0 Å². The normalized spacial score (nSPS) is 10.2. The Morgan fingerprint density at radius 1 is 0.800 bits per heavy atom. The van der Waals surface area contributed by atoms with Crippen LogP contribution in [-0.4, -0.2) is 9.97 Å². The van der Waals surface area contributed by atoms with Gasteiger partial charge in [-0.1, -0.05) is 12.1 Å². The highest BCUT2D eigenvalue weighted by Gasteiger charge is 2.00. The monoisotopic (exact) mass is 263 g/mol. The van der Waals surface area contributed by atoms with Gasteiger partial charge in [0.25, 0.3) is 0 Å². The minimum atomic E-state index is 0.524. The molecular formula is C16H13N3O. The molecule has 2 aromatic heterocycles. The predicted octanol–water partition coefficient (Wildman–Crippen LogP) is 3.52. The molecule has 0 saturated heterocycles. The molecule has 2 N–H and O–H groups in total. The first kappa shape index (κ1) is 12.2. The van der Waals surface area contributed by atoms with E-state index in [1.807, 2.05) is 36.4 Å². The van der Waals surface area contributed by atoms with E-state index in [1.165, 1.54) is 0 Å². The maximum absolute atomic E-state index is 5.65. The Labute approximate surface area is 116 Å². The van der Waals surface area contributed by atoms with E-state index in [1.54, 1.807) is 30.7 Å². The standard InChI is InChI=1S/C16H13N3O/c17-14-3-6-16(19-11-14)20-15-4-1-12(2-5-15)13-7-9-18-10-8-13/h1-11H,17H2. The number of aromatic nitrogens is 2. The molecule has 98 valence electrons. The number of hydrogen-bond donors (Lipinski definition) is 1. The zero-order valence-electron chi connectivity index (χ0n) is 10.7. The van der Waals surface area contributed by atoms with Crippen LogP contribution in [0.25, 0.3) is 11.1 Å². The van der Waals surface area contributed by atoms with Crippen LogP contribution in [0.3, 0.4) is 0 Å². The van der Waals surface area contributed by atoms with Gasteiger partial charge in [0.05, 0.1) is 11.9 Å². The first-order valence-electron chi connectivity index (χ1n) is 6.21. The summed E-state index contributed by atoms with van der Waals surface area (Å²) in [4.78, 5) is 8.11. The second-order valence-electron chi connectivity index (χ2n) is 4.29. The van der Waals surface area contributed by atoms with Gasteiger partial charge in [0.1, 0.15) is 5.75 Å². The number of benzene rings is 1. The fraction of sp³-hybridized carbons (Fsp3) is 0. The smallest absolute Gasteiger partial charge is 0.219 e. The van der Waals surface area contributed by atoms with Gasteiger partial charge < -0.3 is 10.5 Å². The van der Waals surface area contributed by atoms with E-state index in [0.717, 1.165) is 16.9 Å². The van der Waals surface area contributed by atoms with E-state index < -0.39 is 0 Å². The number of ether oxygens (including phenoxy) is 1. The van der Waals surface area contributed by atoms with Crippen molar-refractivity contribution in [2.45, 2.75) is 0 Å². The summed E-state index contributed by atoms with van der Waals surface area (Å²) in [5.41, 5.74) is 8.44. The van der Waals surface area contributed by atoms with E-state index in [0.29, 0.717) is 11.6 Å². The molecule has 20 heavy (non-hydrogen) atoms. The highest BCUT2D eigenvalue weighted by atomic mass is 16.5. The quantitative estimate of drug-likeness (QED) is 0.785. The van der Waals surface area contributed by atoms with Crippen molar-refractivity contribution in [2.75, 3.05) is 5.73 Å². The Hall–Kier alpha value is -2.88. The number of nitrogens with zero attached hydrogens (tertiary/aromatic N) is 2. The average molecular weight is 263 g/mol. The number of nitrogens with two attached hydrogens (primary N) is 1. The Morgan fingerprint density at radius 3 is 2.15 bits per heavy atom. The van der Waals surface area contributed by atoms with Crippen LogP contribution >= 0.6 is 0 Å². The molecule has 4 heteroatoms. The van der Waals surface area contributed by atoms with Gasteiger partial charge in [-0.15, -0.1) is 0 Å². The zero-order valence-corrected chi connectivity index (χ0v) is 10.7. The maximum Gasteiger partial charge on any atom is 0.219 e. The fourth-order valence-electron chi connectivity index (χ4n) is 1.83. The van der Waals surface area contributed by atoms with Crippen molar-refractivity contribution in [1.82, 2.24) is 9.97 Å². The van der Waals surface area contributed by atoms with Crippen LogP contribution in [0, 0.1) is 0 Å². The Morgan fingerprint density at radius 2 is 1.50 bits per heavy atom. The topological polar surface area (TPSA) is 61.0 Å². The van der Waals surface area contributed by atoms with E-state index in [9.17, 15) is 0 Å². The minimum absolute atomic E-state index is 0.524. The van der Waals surface area contributed by atoms with Gasteiger partial charge in [-0.05, 0) is 41.5 Å². The summed E-state index contributed by atoms with van der Waals surface area (Å²) >= 11 is 0. The van der Waals surface area contributed by atoms with Gasteiger partial charge in [-0.2, -0.15) is 0 Å². The first-order valence-corrected chi connectivity index (χ1v) is 6.21. The molecule has 0 aliphatic rings. The van der Waals surface area contributed by atoms with Crippen molar-refractivity contribution in [3.8, 4) is 22.8 Å². The molecule has 1 aromatic carbocycles. The molecular weight excluding hydrogens is 250 g/mol. The third-order valence-corrected chi connectivity index (χ3v) is 2.85. The molecule has 0 aliphatic heterocycles. The molecule has 0 spiro atoms. The SMILES string of the molecule is Nc1ccc(Oc2ccc(-c3ccncc3)cc2)nc1. The van der Waals surface area contributed by atoms with Gasteiger partial charge in [0, 0.05) is 18.5 Å². The minimum Gasteiger partial charge on any atom is -0.439 e. The van der Waals surface area contributed by atoms with Crippen molar-refractivity contribution in [2.24, 2.45) is 0 Å². The number of anilines is 1. The molecule has 0 aliphatic carbocycles. The first-order chi connectivity index (χ1) is 9.81. The second-order valence-corrected chi connectivity index (χ2v) is 4.29. The van der Waals surface area contributed by atoms with Gasteiger partial charge in [-0.3, -0.25) is 4.98 Å². The summed E-state index contributed by atoms with van der Waals surface area (Å²) in [7, 11) is 0. The molecule has 0 radical (unpaired) electrons. The van der Waals surface area contributed by atoms with Crippen molar-refractivity contribution in [3.63, 3.8) is 0 Å². The van der Waals surface area contributed by atoms with Crippen molar-refractivity contribution in [3.05, 3.63) is 67.1 Å². The third-order valence-electron chi connectivity index (χ3n) is 2.85. The van der Waals surface area contributed by atoms with Crippen LogP contribution < -0.4 is 10.5 Å². The molecule has 0 atom stereocenters. The summed E-state index contributed by atoms with van der Waals surface area (Å²) in [5, 5.41) is 0. The van der Waals surface area contributed by atoms with Gasteiger partial charge >= 0.3 is 0 Å². The number of pyridine rings is 2. The van der Waals surface area contributed by atoms with Crippen molar-refractivity contribution < 1.29 is 4.74 Å². The lowest BCUT2D eigenvalue weighted by Gasteiger charge is -2.06. The largest absolute Gasteiger partial charge is 0.439 e. The van der Waals surface area contributed by atoms with Crippen LogP contribution in [0.15, 0.2) is 67.1 Å². The van der Waals surface area contributed by atoms with Crippen LogP contribution in [0.4, 0.5) is 5.69 Å². The lowest BCUT2D eigenvalue weighted by atomic mass is 10.1. The molecule has 3 aromatic rings. The summed E-state index contributed by atoms with van der Waals surface area (Å²) in [6, 6.07) is 15.3.